The highest BCUT2D eigenvalue weighted by Crippen LogP contribution is 2.24. The third-order valence-electron chi connectivity index (χ3n) is 4.30. The Balaban J connectivity index is 1.91. The standard InChI is InChI=1S/C20H23FN4O2S/c1-3-11-28(26,27)23-13-18-24-19-14(2)7-6-9-16(19)20(25-18)22-12-15-8-4-5-10-17(15)21/h4-10,23H,3,11-13H2,1-2H3,(H,22,24,25). The first-order valence-corrected chi connectivity index (χ1v) is 10.8. The van der Waals surface area contributed by atoms with E-state index in [-0.39, 0.29) is 24.7 Å². The largest absolute Gasteiger partial charge is 0.365 e. The van der Waals surface area contributed by atoms with Crippen molar-refractivity contribution in [2.45, 2.75) is 33.4 Å². The number of rotatable bonds is 8. The van der Waals surface area contributed by atoms with Gasteiger partial charge in [-0.2, -0.15) is 0 Å². The van der Waals surface area contributed by atoms with Gasteiger partial charge in [-0.3, -0.25) is 0 Å². The van der Waals surface area contributed by atoms with Gasteiger partial charge in [-0.25, -0.2) is 27.5 Å². The summed E-state index contributed by atoms with van der Waals surface area (Å²) in [4.78, 5) is 9.00. The molecule has 0 radical (unpaired) electrons. The van der Waals surface area contributed by atoms with E-state index >= 15 is 0 Å². The molecule has 3 rings (SSSR count). The van der Waals surface area contributed by atoms with Crippen LogP contribution in [-0.4, -0.2) is 24.1 Å². The van der Waals surface area contributed by atoms with Crippen LogP contribution >= 0.6 is 0 Å². The first-order valence-electron chi connectivity index (χ1n) is 9.10. The van der Waals surface area contributed by atoms with Crippen molar-refractivity contribution < 1.29 is 12.8 Å². The van der Waals surface area contributed by atoms with Gasteiger partial charge < -0.3 is 5.32 Å². The predicted molar refractivity (Wildman–Crippen MR) is 109 cm³/mol. The fraction of sp³-hybridized carbons (Fsp3) is 0.300. The number of anilines is 1. The predicted octanol–water partition coefficient (Wildman–Crippen LogP) is 3.52. The van der Waals surface area contributed by atoms with Gasteiger partial charge in [-0.15, -0.1) is 0 Å². The molecule has 0 bridgehead atoms. The Morgan fingerprint density at radius 1 is 1.04 bits per heavy atom. The molecule has 0 amide bonds. The fourth-order valence-corrected chi connectivity index (χ4v) is 3.92. The molecule has 0 spiro atoms. The third kappa shape index (κ3) is 4.82. The van der Waals surface area contributed by atoms with E-state index in [1.807, 2.05) is 25.1 Å². The van der Waals surface area contributed by atoms with Gasteiger partial charge >= 0.3 is 0 Å². The van der Waals surface area contributed by atoms with Crippen molar-refractivity contribution in [1.29, 1.82) is 0 Å². The zero-order chi connectivity index (χ0) is 20.1. The molecule has 8 heteroatoms. The molecule has 1 heterocycles. The molecule has 2 aromatic carbocycles. The molecule has 148 valence electrons. The molecule has 1 aromatic heterocycles. The maximum absolute atomic E-state index is 13.9. The van der Waals surface area contributed by atoms with Gasteiger partial charge in [-0.1, -0.05) is 37.3 Å². The lowest BCUT2D eigenvalue weighted by atomic mass is 10.1. The summed E-state index contributed by atoms with van der Waals surface area (Å²) in [7, 11) is -3.37. The smallest absolute Gasteiger partial charge is 0.211 e. The minimum absolute atomic E-state index is 0.000978. The summed E-state index contributed by atoms with van der Waals surface area (Å²) >= 11 is 0. The van der Waals surface area contributed by atoms with E-state index in [4.69, 9.17) is 0 Å². The highest BCUT2D eigenvalue weighted by Gasteiger charge is 2.13. The molecule has 6 nitrogen and oxygen atoms in total. The van der Waals surface area contributed by atoms with Crippen molar-refractivity contribution in [3.8, 4) is 0 Å². The Kier molecular flexibility index (Phi) is 6.21. The van der Waals surface area contributed by atoms with E-state index in [9.17, 15) is 12.8 Å². The number of aromatic nitrogens is 2. The van der Waals surface area contributed by atoms with E-state index in [0.717, 1.165) is 16.5 Å². The average molecular weight is 402 g/mol. The van der Waals surface area contributed by atoms with E-state index in [1.54, 1.807) is 25.1 Å². The average Bonchev–Trinajstić information content (AvgIpc) is 2.66. The van der Waals surface area contributed by atoms with Crippen LogP contribution in [0, 0.1) is 12.7 Å². The molecule has 28 heavy (non-hydrogen) atoms. The summed E-state index contributed by atoms with van der Waals surface area (Å²) in [5, 5.41) is 3.97. The van der Waals surface area contributed by atoms with Crippen LogP contribution in [0.2, 0.25) is 0 Å². The molecular weight excluding hydrogens is 379 g/mol. The highest BCUT2D eigenvalue weighted by atomic mass is 32.2. The van der Waals surface area contributed by atoms with Crippen LogP contribution in [0.1, 0.15) is 30.3 Å². The zero-order valence-corrected chi connectivity index (χ0v) is 16.7. The number of sulfonamides is 1. The number of halogens is 1. The Morgan fingerprint density at radius 2 is 1.82 bits per heavy atom. The molecule has 0 saturated heterocycles. The Labute approximate surface area is 164 Å². The van der Waals surface area contributed by atoms with E-state index < -0.39 is 10.0 Å². The summed E-state index contributed by atoms with van der Waals surface area (Å²) in [5.74, 6) is 0.661. The molecule has 0 aliphatic rings. The second kappa shape index (κ2) is 8.62. The minimum atomic E-state index is -3.37. The van der Waals surface area contributed by atoms with Crippen molar-refractivity contribution >= 4 is 26.7 Å². The number of hydrogen-bond acceptors (Lipinski definition) is 5. The quantitative estimate of drug-likeness (QED) is 0.602. The summed E-state index contributed by atoms with van der Waals surface area (Å²) < 4.78 is 40.3. The van der Waals surface area contributed by atoms with Gasteiger partial charge in [0.15, 0.2) is 0 Å². The Morgan fingerprint density at radius 3 is 2.57 bits per heavy atom. The molecule has 0 saturated carbocycles. The van der Waals surface area contributed by atoms with Crippen LogP contribution < -0.4 is 10.0 Å². The van der Waals surface area contributed by atoms with Gasteiger partial charge in [-0.05, 0) is 31.0 Å². The second-order valence-corrected chi connectivity index (χ2v) is 8.47. The molecule has 3 aromatic rings. The lowest BCUT2D eigenvalue weighted by Gasteiger charge is -2.13. The van der Waals surface area contributed by atoms with E-state index in [2.05, 4.69) is 20.0 Å². The van der Waals surface area contributed by atoms with Gasteiger partial charge in [0.05, 0.1) is 17.8 Å². The van der Waals surface area contributed by atoms with Crippen molar-refractivity contribution in [2.75, 3.05) is 11.1 Å². The van der Waals surface area contributed by atoms with Crippen LogP contribution in [0.4, 0.5) is 10.2 Å². The number of nitrogens with zero attached hydrogens (tertiary/aromatic N) is 2. The fourth-order valence-electron chi connectivity index (χ4n) is 2.89. The Hall–Kier alpha value is -2.58. The molecule has 0 aliphatic carbocycles. The zero-order valence-electron chi connectivity index (χ0n) is 15.9. The third-order valence-corrected chi connectivity index (χ3v) is 5.83. The number of para-hydroxylation sites is 1. The van der Waals surface area contributed by atoms with Gasteiger partial charge in [0.2, 0.25) is 10.0 Å². The van der Waals surface area contributed by atoms with Gasteiger partial charge in [0.1, 0.15) is 17.5 Å². The van der Waals surface area contributed by atoms with Crippen molar-refractivity contribution in [2.24, 2.45) is 0 Å². The molecule has 0 atom stereocenters. The minimum Gasteiger partial charge on any atom is -0.365 e. The second-order valence-electron chi connectivity index (χ2n) is 6.54. The number of fused-ring (bicyclic) bond motifs is 1. The maximum Gasteiger partial charge on any atom is 0.211 e. The SMILES string of the molecule is CCCS(=O)(=O)NCc1nc(NCc2ccccc2F)c2cccc(C)c2n1. The maximum atomic E-state index is 13.9. The summed E-state index contributed by atoms with van der Waals surface area (Å²) in [6.45, 7) is 4.00. The van der Waals surface area contributed by atoms with E-state index in [1.165, 1.54) is 6.07 Å². The molecule has 0 aliphatic heterocycles. The highest BCUT2D eigenvalue weighted by molar-refractivity contribution is 7.89. The van der Waals surface area contributed by atoms with Gasteiger partial charge in [0.25, 0.3) is 0 Å². The summed E-state index contributed by atoms with van der Waals surface area (Å²) in [6, 6.07) is 12.2. The van der Waals surface area contributed by atoms with Crippen LogP contribution in [0.5, 0.6) is 0 Å². The first kappa shape index (κ1) is 20.2. The normalized spacial score (nSPS) is 11.7. The van der Waals surface area contributed by atoms with Crippen molar-refractivity contribution in [3.05, 3.63) is 65.2 Å². The topological polar surface area (TPSA) is 84.0 Å². The lowest BCUT2D eigenvalue weighted by Crippen LogP contribution is -2.26. The van der Waals surface area contributed by atoms with Gasteiger partial charge in [0, 0.05) is 17.5 Å². The van der Waals surface area contributed by atoms with E-state index in [0.29, 0.717) is 23.6 Å². The first-order chi connectivity index (χ1) is 13.4. The number of benzene rings is 2. The monoisotopic (exact) mass is 402 g/mol. The van der Waals surface area contributed by atoms with Crippen LogP contribution in [-0.2, 0) is 23.1 Å². The Bertz CT molecular complexity index is 1090. The molecule has 0 unspecified atom stereocenters. The number of nitrogens with one attached hydrogen (secondary N) is 2. The van der Waals surface area contributed by atoms with Crippen LogP contribution in [0.15, 0.2) is 42.5 Å². The number of aryl methyl sites for hydroxylation is 1. The summed E-state index contributed by atoms with van der Waals surface area (Å²) in [5.41, 5.74) is 2.21. The van der Waals surface area contributed by atoms with Crippen LogP contribution in [0.3, 0.4) is 0 Å². The molecule has 0 fully saturated rings. The van der Waals surface area contributed by atoms with Crippen LogP contribution in [0.25, 0.3) is 10.9 Å². The van der Waals surface area contributed by atoms with Crippen molar-refractivity contribution in [3.63, 3.8) is 0 Å². The molecule has 2 N–H and O–H groups in total. The number of hydrogen-bond donors (Lipinski definition) is 2. The summed E-state index contributed by atoms with van der Waals surface area (Å²) in [6.07, 6.45) is 0.530. The van der Waals surface area contributed by atoms with Crippen molar-refractivity contribution in [1.82, 2.24) is 14.7 Å². The lowest BCUT2D eigenvalue weighted by molar-refractivity contribution is 0.578. The molecular formula is C20H23FN4O2S.